The third-order valence-corrected chi connectivity index (χ3v) is 6.66. The Bertz CT molecular complexity index is 1240. The lowest BCUT2D eigenvalue weighted by Crippen LogP contribution is -2.26. The maximum absolute atomic E-state index is 13.0. The fourth-order valence-corrected chi connectivity index (χ4v) is 4.56. The summed E-state index contributed by atoms with van der Waals surface area (Å²) in [5.41, 5.74) is 0.156. The molecule has 164 valence electrons. The van der Waals surface area contributed by atoms with E-state index in [1.54, 1.807) is 24.3 Å². The van der Waals surface area contributed by atoms with Crippen molar-refractivity contribution in [3.8, 4) is 11.3 Å². The minimum atomic E-state index is -4.50. The molecule has 0 bridgehead atoms. The van der Waals surface area contributed by atoms with Crippen LogP contribution in [0.2, 0.25) is 10.0 Å². The number of alkyl halides is 3. The second kappa shape index (κ2) is 8.94. The highest BCUT2D eigenvalue weighted by molar-refractivity contribution is 8.19. The molecule has 0 N–H and O–H groups in total. The van der Waals surface area contributed by atoms with Gasteiger partial charge in [-0.1, -0.05) is 47.6 Å². The van der Waals surface area contributed by atoms with Gasteiger partial charge < -0.3 is 4.42 Å². The molecule has 0 radical (unpaired) electrons. The number of rotatable bonds is 4. The highest BCUT2D eigenvalue weighted by Gasteiger charge is 2.33. The van der Waals surface area contributed by atoms with Crippen molar-refractivity contribution >= 4 is 63.5 Å². The van der Waals surface area contributed by atoms with Gasteiger partial charge in [-0.2, -0.15) is 13.2 Å². The summed E-state index contributed by atoms with van der Waals surface area (Å²) >= 11 is 18.4. The van der Waals surface area contributed by atoms with Crippen LogP contribution >= 0.6 is 47.2 Å². The molecule has 1 saturated heterocycles. The Morgan fingerprint density at radius 2 is 1.78 bits per heavy atom. The molecule has 2 aromatic carbocycles. The summed E-state index contributed by atoms with van der Waals surface area (Å²) in [6.07, 6.45) is -2.92. The van der Waals surface area contributed by atoms with Gasteiger partial charge in [0.05, 0.1) is 22.0 Å². The van der Waals surface area contributed by atoms with E-state index in [0.29, 0.717) is 27.2 Å². The highest BCUT2D eigenvalue weighted by atomic mass is 35.5. The number of thioether (sulfide) groups is 1. The zero-order chi connectivity index (χ0) is 23.0. The predicted molar refractivity (Wildman–Crippen MR) is 125 cm³/mol. The Kier molecular flexibility index (Phi) is 6.40. The molecule has 1 amide bonds. The predicted octanol–water partition coefficient (Wildman–Crippen LogP) is 8.31. The third kappa shape index (κ3) is 4.88. The number of thiocarbonyl (C=S) groups is 1. The molecule has 0 saturated carbocycles. The van der Waals surface area contributed by atoms with Gasteiger partial charge in [-0.15, -0.1) is 0 Å². The van der Waals surface area contributed by atoms with E-state index in [1.807, 2.05) is 12.1 Å². The smallest absolute Gasteiger partial charge is 0.416 e. The minimum absolute atomic E-state index is 0.119. The molecule has 0 spiro atoms. The lowest BCUT2D eigenvalue weighted by Gasteiger charge is -2.14. The van der Waals surface area contributed by atoms with Crippen LogP contribution in [0, 0.1) is 0 Å². The van der Waals surface area contributed by atoms with Crippen LogP contribution in [-0.2, 0) is 12.7 Å². The van der Waals surface area contributed by atoms with Crippen molar-refractivity contribution in [2.45, 2.75) is 12.7 Å². The molecule has 4 rings (SSSR count). The number of nitrogens with zero attached hydrogens (tertiary/aromatic N) is 1. The topological polar surface area (TPSA) is 33.5 Å². The fraction of sp³-hybridized carbons (Fsp3) is 0.0909. The van der Waals surface area contributed by atoms with E-state index in [4.69, 9.17) is 39.8 Å². The van der Waals surface area contributed by atoms with E-state index in [0.717, 1.165) is 29.5 Å². The SMILES string of the molecule is O=C1SC(=Cc2ccc(-c3cc(C(F)(F)F)ccc3Cl)o2)C(=S)N1Cc1ccc(Cl)cc1. The number of halogens is 5. The Balaban J connectivity index is 1.56. The summed E-state index contributed by atoms with van der Waals surface area (Å²) in [4.78, 5) is 14.7. The van der Waals surface area contributed by atoms with E-state index in [1.165, 1.54) is 17.0 Å². The van der Waals surface area contributed by atoms with E-state index in [-0.39, 0.29) is 21.6 Å². The van der Waals surface area contributed by atoms with E-state index < -0.39 is 11.7 Å². The van der Waals surface area contributed by atoms with Crippen LogP contribution in [-0.4, -0.2) is 15.1 Å². The standard InChI is InChI=1S/C22H12Cl2F3NO2S2/c23-14-4-1-12(2-5-14)11-28-20(31)19(32-21(28)29)10-15-6-8-18(30-15)16-9-13(22(25,26)27)3-7-17(16)24/h1-10H,11H2. The van der Waals surface area contributed by atoms with Crippen LogP contribution in [0.5, 0.6) is 0 Å². The van der Waals surface area contributed by atoms with Gasteiger partial charge in [-0.25, -0.2) is 0 Å². The fourth-order valence-electron chi connectivity index (χ4n) is 3.00. The third-order valence-electron chi connectivity index (χ3n) is 4.59. The molecule has 32 heavy (non-hydrogen) atoms. The lowest BCUT2D eigenvalue weighted by molar-refractivity contribution is -0.137. The summed E-state index contributed by atoms with van der Waals surface area (Å²) in [5.74, 6) is 0.505. The molecule has 10 heteroatoms. The van der Waals surface area contributed by atoms with Crippen molar-refractivity contribution in [2.75, 3.05) is 0 Å². The van der Waals surface area contributed by atoms with Crippen molar-refractivity contribution in [3.05, 3.63) is 86.4 Å². The molecule has 2 heterocycles. The lowest BCUT2D eigenvalue weighted by atomic mass is 10.1. The Morgan fingerprint density at radius 1 is 1.06 bits per heavy atom. The maximum Gasteiger partial charge on any atom is 0.416 e. The second-order valence-electron chi connectivity index (χ2n) is 6.79. The number of furan rings is 1. The molecule has 1 fully saturated rings. The van der Waals surface area contributed by atoms with Gasteiger partial charge in [0.2, 0.25) is 0 Å². The monoisotopic (exact) mass is 513 g/mol. The van der Waals surface area contributed by atoms with Crippen LogP contribution in [0.25, 0.3) is 17.4 Å². The van der Waals surface area contributed by atoms with Crippen molar-refractivity contribution in [2.24, 2.45) is 0 Å². The van der Waals surface area contributed by atoms with Crippen molar-refractivity contribution in [1.29, 1.82) is 0 Å². The summed E-state index contributed by atoms with van der Waals surface area (Å²) in [6, 6.07) is 13.2. The van der Waals surface area contributed by atoms with Crippen LogP contribution in [0.1, 0.15) is 16.9 Å². The summed E-state index contributed by atoms with van der Waals surface area (Å²) < 4.78 is 44.8. The molecule has 0 unspecified atom stereocenters. The molecule has 0 atom stereocenters. The Morgan fingerprint density at radius 3 is 2.47 bits per heavy atom. The first kappa shape index (κ1) is 22.9. The van der Waals surface area contributed by atoms with Gasteiger partial charge in [0, 0.05) is 10.6 Å². The number of amides is 1. The van der Waals surface area contributed by atoms with Crippen LogP contribution < -0.4 is 0 Å². The van der Waals surface area contributed by atoms with Gasteiger partial charge in [0.1, 0.15) is 16.5 Å². The van der Waals surface area contributed by atoms with Gasteiger partial charge in [-0.3, -0.25) is 9.69 Å². The number of hydrogen-bond donors (Lipinski definition) is 0. The molecule has 1 aliphatic heterocycles. The average Bonchev–Trinajstić information content (AvgIpc) is 3.29. The molecule has 1 aliphatic rings. The molecule has 3 aromatic rings. The molecular formula is C22H12Cl2F3NO2S2. The zero-order valence-electron chi connectivity index (χ0n) is 16.0. The van der Waals surface area contributed by atoms with Crippen LogP contribution in [0.4, 0.5) is 18.0 Å². The minimum Gasteiger partial charge on any atom is -0.457 e. The van der Waals surface area contributed by atoms with Crippen LogP contribution in [0.3, 0.4) is 0 Å². The second-order valence-corrected chi connectivity index (χ2v) is 9.01. The maximum atomic E-state index is 13.0. The van der Waals surface area contributed by atoms with Gasteiger partial charge >= 0.3 is 6.18 Å². The highest BCUT2D eigenvalue weighted by Crippen LogP contribution is 2.38. The normalized spacial score (nSPS) is 15.8. The number of hydrogen-bond acceptors (Lipinski definition) is 4. The van der Waals surface area contributed by atoms with Crippen molar-refractivity contribution in [3.63, 3.8) is 0 Å². The Labute approximate surface area is 200 Å². The van der Waals surface area contributed by atoms with Gasteiger partial charge in [0.15, 0.2) is 0 Å². The van der Waals surface area contributed by atoms with Crippen molar-refractivity contribution in [1.82, 2.24) is 4.90 Å². The number of carbonyl (C=O) groups is 1. The molecule has 1 aromatic heterocycles. The van der Waals surface area contributed by atoms with E-state index >= 15 is 0 Å². The van der Waals surface area contributed by atoms with E-state index in [9.17, 15) is 18.0 Å². The summed E-state index contributed by atoms with van der Waals surface area (Å²) in [5, 5.41) is 0.485. The average molecular weight is 514 g/mol. The zero-order valence-corrected chi connectivity index (χ0v) is 19.1. The van der Waals surface area contributed by atoms with Crippen molar-refractivity contribution < 1.29 is 22.4 Å². The quantitative estimate of drug-likeness (QED) is 0.259. The van der Waals surface area contributed by atoms with E-state index in [2.05, 4.69) is 0 Å². The van der Waals surface area contributed by atoms with Gasteiger partial charge in [-0.05, 0) is 65.9 Å². The Hall–Kier alpha value is -2.26. The molecular weight excluding hydrogens is 502 g/mol. The number of carbonyl (C=O) groups excluding carboxylic acids is 1. The number of benzene rings is 2. The first-order chi connectivity index (χ1) is 15.1. The first-order valence-electron chi connectivity index (χ1n) is 9.08. The largest absolute Gasteiger partial charge is 0.457 e. The molecule has 3 nitrogen and oxygen atoms in total. The van der Waals surface area contributed by atoms with Gasteiger partial charge in [0.25, 0.3) is 5.24 Å². The summed E-state index contributed by atoms with van der Waals surface area (Å²) in [7, 11) is 0. The molecule has 0 aliphatic carbocycles. The first-order valence-corrected chi connectivity index (χ1v) is 11.1. The van der Waals surface area contributed by atoms with Crippen LogP contribution in [0.15, 0.2) is 63.9 Å². The summed E-state index contributed by atoms with van der Waals surface area (Å²) in [6.45, 7) is 0.294.